The molecule has 30 heavy (non-hydrogen) atoms. The minimum absolute atomic E-state index is 0.526. The van der Waals surface area contributed by atoms with E-state index in [1.165, 1.54) is 11.1 Å². The molecule has 0 heterocycles. The molecule has 0 spiro atoms. The Kier molecular flexibility index (Phi) is 5.89. The van der Waals surface area contributed by atoms with Crippen LogP contribution in [0.1, 0.15) is 18.1 Å². The summed E-state index contributed by atoms with van der Waals surface area (Å²) in [5, 5.41) is 2.21. The first-order chi connectivity index (χ1) is 14.7. The third kappa shape index (κ3) is 3.97. The molecule has 0 amide bonds. The van der Waals surface area contributed by atoms with Crippen LogP contribution in [0.25, 0.3) is 21.9 Å². The number of hydrogen-bond acceptors (Lipinski definition) is 3. The molecule has 0 aliphatic heterocycles. The van der Waals surface area contributed by atoms with Gasteiger partial charge in [-0.25, -0.2) is 0 Å². The number of aryl methyl sites for hydroxylation is 1. The molecular formula is C27H26O3. The largest absolute Gasteiger partial charge is 0.497 e. The highest BCUT2D eigenvalue weighted by Crippen LogP contribution is 2.40. The quantitative estimate of drug-likeness (QED) is 0.348. The second-order valence-corrected chi connectivity index (χ2v) is 7.18. The van der Waals surface area contributed by atoms with E-state index in [0.717, 1.165) is 45.6 Å². The number of methoxy groups -OCH3 is 2. The molecule has 4 rings (SSSR count). The predicted molar refractivity (Wildman–Crippen MR) is 123 cm³/mol. The van der Waals surface area contributed by atoms with Crippen LogP contribution < -0.4 is 14.2 Å². The van der Waals surface area contributed by atoms with E-state index in [-0.39, 0.29) is 0 Å². The van der Waals surface area contributed by atoms with Crippen molar-refractivity contribution >= 4 is 10.8 Å². The lowest BCUT2D eigenvalue weighted by atomic mass is 9.91. The number of fused-ring (bicyclic) bond motifs is 1. The molecule has 3 nitrogen and oxygen atoms in total. The molecule has 0 N–H and O–H groups in total. The monoisotopic (exact) mass is 398 g/mol. The summed E-state index contributed by atoms with van der Waals surface area (Å²) in [7, 11) is 3.38. The van der Waals surface area contributed by atoms with Crippen molar-refractivity contribution in [3.8, 4) is 28.4 Å². The van der Waals surface area contributed by atoms with E-state index in [4.69, 9.17) is 14.2 Å². The Hall–Kier alpha value is -3.46. The van der Waals surface area contributed by atoms with Gasteiger partial charge in [0.15, 0.2) is 0 Å². The van der Waals surface area contributed by atoms with E-state index in [2.05, 4.69) is 49.4 Å². The first-order valence-corrected chi connectivity index (χ1v) is 10.2. The van der Waals surface area contributed by atoms with E-state index in [9.17, 15) is 0 Å². The molecule has 0 fully saturated rings. The lowest BCUT2D eigenvalue weighted by Crippen LogP contribution is -1.99. The van der Waals surface area contributed by atoms with Gasteiger partial charge in [-0.2, -0.15) is 0 Å². The predicted octanol–water partition coefficient (Wildman–Crippen LogP) is 6.67. The molecule has 0 unspecified atom stereocenters. The zero-order chi connectivity index (χ0) is 20.9. The Morgan fingerprint density at radius 1 is 0.700 bits per heavy atom. The molecular weight excluding hydrogens is 372 g/mol. The second kappa shape index (κ2) is 8.91. The van der Waals surface area contributed by atoms with E-state index in [1.807, 2.05) is 36.4 Å². The SMILES string of the molecule is CCc1cc(OCc2ccccc2)c2cc(OC)ccc2c1-c1ccc(OC)cc1. The second-order valence-electron chi connectivity index (χ2n) is 7.18. The number of ether oxygens (including phenoxy) is 3. The summed E-state index contributed by atoms with van der Waals surface area (Å²) in [6, 6.07) is 26.8. The zero-order valence-corrected chi connectivity index (χ0v) is 17.6. The topological polar surface area (TPSA) is 27.7 Å². The van der Waals surface area contributed by atoms with Gasteiger partial charge in [0.25, 0.3) is 0 Å². The number of hydrogen-bond donors (Lipinski definition) is 0. The van der Waals surface area contributed by atoms with Crippen molar-refractivity contribution in [2.75, 3.05) is 14.2 Å². The van der Waals surface area contributed by atoms with Crippen LogP contribution in [0.15, 0.2) is 78.9 Å². The molecule has 0 aliphatic carbocycles. The van der Waals surface area contributed by atoms with Gasteiger partial charge in [-0.15, -0.1) is 0 Å². The van der Waals surface area contributed by atoms with Crippen LogP contribution in [-0.4, -0.2) is 14.2 Å². The summed E-state index contributed by atoms with van der Waals surface area (Å²) < 4.78 is 17.1. The highest BCUT2D eigenvalue weighted by molar-refractivity contribution is 6.02. The molecule has 4 aromatic rings. The zero-order valence-electron chi connectivity index (χ0n) is 17.6. The lowest BCUT2D eigenvalue weighted by Gasteiger charge is -2.18. The van der Waals surface area contributed by atoms with Crippen molar-refractivity contribution < 1.29 is 14.2 Å². The van der Waals surface area contributed by atoms with Crippen molar-refractivity contribution in [2.24, 2.45) is 0 Å². The molecule has 0 aliphatic rings. The van der Waals surface area contributed by atoms with Gasteiger partial charge in [-0.3, -0.25) is 0 Å². The van der Waals surface area contributed by atoms with Crippen LogP contribution in [0.2, 0.25) is 0 Å². The van der Waals surface area contributed by atoms with Gasteiger partial charge >= 0.3 is 0 Å². The molecule has 0 saturated carbocycles. The smallest absolute Gasteiger partial charge is 0.128 e. The molecule has 0 radical (unpaired) electrons. The van der Waals surface area contributed by atoms with Crippen LogP contribution in [0.3, 0.4) is 0 Å². The van der Waals surface area contributed by atoms with Crippen LogP contribution in [0.4, 0.5) is 0 Å². The summed E-state index contributed by atoms with van der Waals surface area (Å²) in [5.74, 6) is 2.55. The Morgan fingerprint density at radius 2 is 1.40 bits per heavy atom. The number of benzene rings is 4. The average Bonchev–Trinajstić information content (AvgIpc) is 2.82. The van der Waals surface area contributed by atoms with Crippen molar-refractivity contribution in [1.29, 1.82) is 0 Å². The fraction of sp³-hybridized carbons (Fsp3) is 0.185. The summed E-state index contributed by atoms with van der Waals surface area (Å²) in [4.78, 5) is 0. The molecule has 0 saturated heterocycles. The first-order valence-electron chi connectivity index (χ1n) is 10.2. The fourth-order valence-corrected chi connectivity index (χ4v) is 3.79. The molecule has 0 atom stereocenters. The third-order valence-electron chi connectivity index (χ3n) is 5.38. The Morgan fingerprint density at radius 3 is 2.07 bits per heavy atom. The van der Waals surface area contributed by atoms with Crippen molar-refractivity contribution in [2.45, 2.75) is 20.0 Å². The highest BCUT2D eigenvalue weighted by atomic mass is 16.5. The van der Waals surface area contributed by atoms with E-state index < -0.39 is 0 Å². The van der Waals surface area contributed by atoms with Gasteiger partial charge in [0.1, 0.15) is 23.9 Å². The average molecular weight is 399 g/mol. The summed E-state index contributed by atoms with van der Waals surface area (Å²) >= 11 is 0. The summed E-state index contributed by atoms with van der Waals surface area (Å²) in [6.45, 7) is 2.71. The minimum atomic E-state index is 0.526. The highest BCUT2D eigenvalue weighted by Gasteiger charge is 2.15. The fourth-order valence-electron chi connectivity index (χ4n) is 3.79. The van der Waals surface area contributed by atoms with Gasteiger partial charge in [0.2, 0.25) is 0 Å². The molecule has 152 valence electrons. The minimum Gasteiger partial charge on any atom is -0.497 e. The molecule has 0 aromatic heterocycles. The van der Waals surface area contributed by atoms with Crippen LogP contribution in [0.5, 0.6) is 17.2 Å². The van der Waals surface area contributed by atoms with Crippen LogP contribution in [-0.2, 0) is 13.0 Å². The maximum atomic E-state index is 6.30. The molecule has 3 heteroatoms. The maximum absolute atomic E-state index is 6.30. The standard InChI is InChI=1S/C27H26O3/c1-4-20-16-26(30-18-19-8-6-5-7-9-19)25-17-23(29-3)14-15-24(25)27(20)21-10-12-22(28-2)13-11-21/h5-17H,4,18H2,1-3H3. The van der Waals surface area contributed by atoms with E-state index in [1.54, 1.807) is 14.2 Å². The Balaban J connectivity index is 1.85. The van der Waals surface area contributed by atoms with Gasteiger partial charge in [0.05, 0.1) is 14.2 Å². The van der Waals surface area contributed by atoms with Crippen molar-refractivity contribution in [3.05, 3.63) is 90.0 Å². The first kappa shape index (κ1) is 19.8. The van der Waals surface area contributed by atoms with Crippen LogP contribution >= 0.6 is 0 Å². The number of rotatable bonds is 7. The normalized spacial score (nSPS) is 10.8. The molecule has 0 bridgehead atoms. The maximum Gasteiger partial charge on any atom is 0.128 e. The Labute approximate surface area is 177 Å². The van der Waals surface area contributed by atoms with Crippen LogP contribution in [0, 0.1) is 0 Å². The van der Waals surface area contributed by atoms with Gasteiger partial charge in [-0.1, -0.05) is 49.4 Å². The lowest BCUT2D eigenvalue weighted by molar-refractivity contribution is 0.309. The van der Waals surface area contributed by atoms with Crippen molar-refractivity contribution in [1.82, 2.24) is 0 Å². The molecule has 4 aromatic carbocycles. The van der Waals surface area contributed by atoms with Gasteiger partial charge in [0, 0.05) is 5.39 Å². The van der Waals surface area contributed by atoms with Gasteiger partial charge in [-0.05, 0) is 70.5 Å². The van der Waals surface area contributed by atoms with Crippen molar-refractivity contribution in [3.63, 3.8) is 0 Å². The van der Waals surface area contributed by atoms with E-state index >= 15 is 0 Å². The Bertz CT molecular complexity index is 1130. The van der Waals surface area contributed by atoms with E-state index in [0.29, 0.717) is 6.61 Å². The summed E-state index contributed by atoms with van der Waals surface area (Å²) in [6.07, 6.45) is 0.908. The summed E-state index contributed by atoms with van der Waals surface area (Å²) in [5.41, 5.74) is 4.79. The van der Waals surface area contributed by atoms with Gasteiger partial charge < -0.3 is 14.2 Å². The third-order valence-corrected chi connectivity index (χ3v) is 5.38.